The number of methoxy groups -OCH3 is 1. The second kappa shape index (κ2) is 8.80. The molecule has 9 nitrogen and oxygen atoms in total. The van der Waals surface area contributed by atoms with Gasteiger partial charge in [-0.05, 0) is 23.6 Å². The first-order chi connectivity index (χ1) is 14.1. The van der Waals surface area contributed by atoms with Gasteiger partial charge in [-0.2, -0.15) is 17.0 Å². The standard InChI is InChI=1S/C18H21ClFN5O4S/c1-11-9-25(30(27,28)24(2)10-15(26)29-3)7-6-13(11)16-17(19)23-18(22-16)14-5-4-12(20)8-21-14/h4-6,8,11H,7,9-10H2,1-3H3,(H,22,23)/t11-/m1/s1. The van der Waals surface area contributed by atoms with Crippen LogP contribution in [0.15, 0.2) is 24.4 Å². The molecule has 0 bridgehead atoms. The molecule has 0 fully saturated rings. The van der Waals surface area contributed by atoms with Crippen molar-refractivity contribution in [2.45, 2.75) is 6.92 Å². The quantitative estimate of drug-likeness (QED) is 0.664. The first kappa shape index (κ1) is 22.3. The van der Waals surface area contributed by atoms with Crippen LogP contribution >= 0.6 is 11.6 Å². The maximum absolute atomic E-state index is 13.1. The number of aromatic nitrogens is 3. The van der Waals surface area contributed by atoms with Gasteiger partial charge in [0.1, 0.15) is 28.9 Å². The minimum Gasteiger partial charge on any atom is -0.468 e. The summed E-state index contributed by atoms with van der Waals surface area (Å²) >= 11 is 6.32. The van der Waals surface area contributed by atoms with E-state index in [2.05, 4.69) is 19.7 Å². The Morgan fingerprint density at radius 2 is 2.20 bits per heavy atom. The van der Waals surface area contributed by atoms with E-state index in [-0.39, 0.29) is 30.7 Å². The molecular weight excluding hydrogens is 437 g/mol. The summed E-state index contributed by atoms with van der Waals surface area (Å²) in [6.07, 6.45) is 2.82. The molecule has 12 heteroatoms. The van der Waals surface area contributed by atoms with E-state index >= 15 is 0 Å². The number of carbonyl (C=O) groups excluding carboxylic acids is 1. The molecule has 3 rings (SSSR count). The lowest BCUT2D eigenvalue weighted by Gasteiger charge is -2.32. The number of H-pyrrole nitrogens is 1. The number of aromatic amines is 1. The molecule has 0 aromatic carbocycles. The molecule has 0 aliphatic carbocycles. The van der Waals surface area contributed by atoms with Crippen molar-refractivity contribution in [2.75, 3.05) is 33.8 Å². The molecule has 2 aromatic heterocycles. The van der Waals surface area contributed by atoms with Crippen LogP contribution in [0.5, 0.6) is 0 Å². The number of rotatable bonds is 6. The van der Waals surface area contributed by atoms with Gasteiger partial charge in [-0.3, -0.25) is 4.79 Å². The molecule has 30 heavy (non-hydrogen) atoms. The lowest BCUT2D eigenvalue weighted by Crippen LogP contribution is -2.47. The van der Waals surface area contributed by atoms with Crippen LogP contribution in [0.4, 0.5) is 4.39 Å². The molecule has 0 unspecified atom stereocenters. The fourth-order valence-corrected chi connectivity index (χ4v) is 4.68. The van der Waals surface area contributed by atoms with Gasteiger partial charge in [-0.1, -0.05) is 24.6 Å². The van der Waals surface area contributed by atoms with Gasteiger partial charge in [-0.15, -0.1) is 0 Å². The Balaban J connectivity index is 1.82. The lowest BCUT2D eigenvalue weighted by molar-refractivity contribution is -0.140. The van der Waals surface area contributed by atoms with E-state index < -0.39 is 22.0 Å². The highest BCUT2D eigenvalue weighted by molar-refractivity contribution is 7.86. The zero-order valence-electron chi connectivity index (χ0n) is 16.6. The number of likely N-dealkylation sites (N-methyl/N-ethyl adjacent to an activating group) is 1. The van der Waals surface area contributed by atoms with Crippen molar-refractivity contribution in [3.8, 4) is 11.5 Å². The molecule has 162 valence electrons. The molecule has 1 N–H and O–H groups in total. The van der Waals surface area contributed by atoms with E-state index in [4.69, 9.17) is 11.6 Å². The minimum absolute atomic E-state index is 0.0981. The summed E-state index contributed by atoms with van der Waals surface area (Å²) in [4.78, 5) is 22.8. The Morgan fingerprint density at radius 3 is 2.80 bits per heavy atom. The average molecular weight is 458 g/mol. The van der Waals surface area contributed by atoms with Crippen molar-refractivity contribution < 1.29 is 22.3 Å². The van der Waals surface area contributed by atoms with Gasteiger partial charge in [0.05, 0.1) is 13.3 Å². The molecule has 0 saturated carbocycles. The summed E-state index contributed by atoms with van der Waals surface area (Å²) in [5.74, 6) is -0.933. The monoisotopic (exact) mass is 457 g/mol. The maximum atomic E-state index is 13.1. The van der Waals surface area contributed by atoms with Gasteiger partial charge in [-0.25, -0.2) is 14.4 Å². The Kier molecular flexibility index (Phi) is 6.56. The van der Waals surface area contributed by atoms with Gasteiger partial charge < -0.3 is 9.72 Å². The van der Waals surface area contributed by atoms with Crippen LogP contribution in [0.1, 0.15) is 12.6 Å². The number of ether oxygens (including phenoxy) is 1. The average Bonchev–Trinajstić information content (AvgIpc) is 3.09. The van der Waals surface area contributed by atoms with Crippen LogP contribution in [0.2, 0.25) is 5.15 Å². The predicted octanol–water partition coefficient (Wildman–Crippen LogP) is 1.95. The van der Waals surface area contributed by atoms with E-state index in [1.54, 1.807) is 6.08 Å². The van der Waals surface area contributed by atoms with Crippen molar-refractivity contribution in [3.05, 3.63) is 41.1 Å². The SMILES string of the molecule is COC(=O)CN(C)S(=O)(=O)N1CC=C(c2nc(-c3ccc(F)cn3)[nH]c2Cl)[C@H](C)C1. The Hall–Kier alpha value is -2.34. The number of nitrogens with zero attached hydrogens (tertiary/aromatic N) is 4. The fraction of sp³-hybridized carbons (Fsp3) is 0.389. The number of esters is 1. The summed E-state index contributed by atoms with van der Waals surface area (Å²) in [6.45, 7) is 1.77. The third-order valence-electron chi connectivity index (χ3n) is 4.73. The van der Waals surface area contributed by atoms with Crippen LogP contribution in [0.25, 0.3) is 17.1 Å². The zero-order valence-corrected chi connectivity index (χ0v) is 18.2. The molecular formula is C18H21ClFN5O4S. The second-order valence-electron chi connectivity index (χ2n) is 6.83. The number of nitrogens with one attached hydrogen (secondary N) is 1. The fourth-order valence-electron chi connectivity index (χ4n) is 3.10. The van der Waals surface area contributed by atoms with Crippen molar-refractivity contribution in [1.29, 1.82) is 0 Å². The highest BCUT2D eigenvalue weighted by Crippen LogP contribution is 2.33. The predicted molar refractivity (Wildman–Crippen MR) is 109 cm³/mol. The zero-order chi connectivity index (χ0) is 22.1. The Labute approximate surface area is 178 Å². The van der Waals surface area contributed by atoms with E-state index in [1.807, 2.05) is 6.92 Å². The minimum atomic E-state index is -3.84. The normalized spacial score (nSPS) is 17.8. The molecule has 2 aromatic rings. The second-order valence-corrected chi connectivity index (χ2v) is 9.24. The highest BCUT2D eigenvalue weighted by Gasteiger charge is 2.33. The number of imidazole rings is 1. The molecule has 0 saturated heterocycles. The summed E-state index contributed by atoms with van der Waals surface area (Å²) in [5, 5.41) is 0.286. The van der Waals surface area contributed by atoms with Crippen molar-refractivity contribution >= 4 is 33.4 Å². The Morgan fingerprint density at radius 1 is 1.47 bits per heavy atom. The van der Waals surface area contributed by atoms with Crippen LogP contribution in [0, 0.1) is 11.7 Å². The molecule has 3 heterocycles. The topological polar surface area (TPSA) is 108 Å². The highest BCUT2D eigenvalue weighted by atomic mass is 35.5. The van der Waals surface area contributed by atoms with Gasteiger partial charge >= 0.3 is 5.97 Å². The summed E-state index contributed by atoms with van der Waals surface area (Å²) < 4.78 is 45.3. The number of hydrogen-bond donors (Lipinski definition) is 1. The Bertz CT molecular complexity index is 1070. The molecule has 0 radical (unpaired) electrons. The van der Waals surface area contributed by atoms with Gasteiger partial charge in [0.2, 0.25) is 0 Å². The number of carbonyl (C=O) groups is 1. The summed E-state index contributed by atoms with van der Waals surface area (Å²) in [5.41, 5.74) is 1.71. The van der Waals surface area contributed by atoms with Crippen LogP contribution < -0.4 is 0 Å². The van der Waals surface area contributed by atoms with E-state index in [0.29, 0.717) is 17.2 Å². The first-order valence-electron chi connectivity index (χ1n) is 8.99. The summed E-state index contributed by atoms with van der Waals surface area (Å²) in [7, 11) is -1.32. The van der Waals surface area contributed by atoms with Crippen LogP contribution in [-0.2, 0) is 19.7 Å². The molecule has 0 spiro atoms. The van der Waals surface area contributed by atoms with Crippen LogP contribution in [0.3, 0.4) is 0 Å². The molecule has 1 atom stereocenters. The molecule has 0 amide bonds. The lowest BCUT2D eigenvalue weighted by atomic mass is 9.95. The maximum Gasteiger partial charge on any atom is 0.321 e. The van der Waals surface area contributed by atoms with Crippen molar-refractivity contribution in [2.24, 2.45) is 5.92 Å². The third kappa shape index (κ3) is 4.53. The smallest absolute Gasteiger partial charge is 0.321 e. The summed E-state index contributed by atoms with van der Waals surface area (Å²) in [6, 6.07) is 2.76. The molecule has 1 aliphatic rings. The number of halogens is 2. The number of pyridine rings is 1. The third-order valence-corrected chi connectivity index (χ3v) is 6.87. The van der Waals surface area contributed by atoms with E-state index in [9.17, 15) is 17.6 Å². The molecule has 1 aliphatic heterocycles. The van der Waals surface area contributed by atoms with Crippen molar-refractivity contribution in [1.82, 2.24) is 23.6 Å². The van der Waals surface area contributed by atoms with Crippen LogP contribution in [-0.4, -0.2) is 71.7 Å². The van der Waals surface area contributed by atoms with Gasteiger partial charge in [0.25, 0.3) is 10.2 Å². The largest absolute Gasteiger partial charge is 0.468 e. The van der Waals surface area contributed by atoms with Gasteiger partial charge in [0.15, 0.2) is 5.82 Å². The first-order valence-corrected chi connectivity index (χ1v) is 10.8. The van der Waals surface area contributed by atoms with E-state index in [1.165, 1.54) is 30.6 Å². The van der Waals surface area contributed by atoms with Gasteiger partial charge in [0, 0.05) is 20.1 Å². The number of hydrogen-bond acceptors (Lipinski definition) is 6. The van der Waals surface area contributed by atoms with Crippen molar-refractivity contribution in [3.63, 3.8) is 0 Å². The van der Waals surface area contributed by atoms with E-state index in [0.717, 1.165) is 16.1 Å².